The Morgan fingerprint density at radius 2 is 1.71 bits per heavy atom. The lowest BCUT2D eigenvalue weighted by molar-refractivity contribution is -0.115. The number of carbonyl (C=O) groups is 1. The molecule has 2 unspecified atom stereocenters. The van der Waals surface area contributed by atoms with Crippen molar-refractivity contribution in [3.63, 3.8) is 0 Å². The van der Waals surface area contributed by atoms with E-state index in [0.29, 0.717) is 22.3 Å². The summed E-state index contributed by atoms with van der Waals surface area (Å²) in [5.41, 5.74) is 2.34. The van der Waals surface area contributed by atoms with Gasteiger partial charge in [0.15, 0.2) is 17.1 Å². The number of rotatable bonds is 9. The molecule has 2 aromatic carbocycles. The third kappa shape index (κ3) is 5.97. The average Bonchev–Trinajstić information content (AvgIpc) is 3.23. The van der Waals surface area contributed by atoms with Gasteiger partial charge < -0.3 is 14.6 Å². The molecule has 0 radical (unpaired) electrons. The van der Waals surface area contributed by atoms with E-state index in [0.717, 1.165) is 17.1 Å². The number of benzene rings is 2. The van der Waals surface area contributed by atoms with Gasteiger partial charge in [0.2, 0.25) is 5.91 Å². The summed E-state index contributed by atoms with van der Waals surface area (Å²) in [7, 11) is 0. The fraction of sp³-hybridized carbons (Fsp3) is 0.385. The Morgan fingerprint density at radius 3 is 2.32 bits per heavy atom. The van der Waals surface area contributed by atoms with Crippen molar-refractivity contribution in [1.29, 1.82) is 5.26 Å². The lowest BCUT2D eigenvalue weighted by Gasteiger charge is -2.21. The number of carbonyl (C=O) groups excluding carboxylic acids is 1. The van der Waals surface area contributed by atoms with Crippen LogP contribution in [0.1, 0.15) is 76.6 Å². The normalized spacial score (nSPS) is 12.9. The molecule has 0 aliphatic carbocycles. The van der Waals surface area contributed by atoms with Gasteiger partial charge >= 0.3 is 0 Å². The molecule has 1 heterocycles. The summed E-state index contributed by atoms with van der Waals surface area (Å²) in [6.45, 7) is 12.2. The molecule has 0 saturated carbocycles. The lowest BCUT2D eigenvalue weighted by Crippen LogP contribution is -2.23. The first-order valence-electron chi connectivity index (χ1n) is 11.4. The number of nitriles is 1. The Labute approximate surface area is 205 Å². The zero-order chi connectivity index (χ0) is 24.8. The molecule has 8 heteroatoms. The summed E-state index contributed by atoms with van der Waals surface area (Å²) in [4.78, 5) is 12.8. The first-order chi connectivity index (χ1) is 16.2. The monoisotopic (exact) mass is 477 g/mol. The van der Waals surface area contributed by atoms with E-state index in [-0.39, 0.29) is 18.1 Å². The topological polar surface area (TPSA) is 92.8 Å². The maximum Gasteiger partial charge on any atom is 0.237 e. The molecular weight excluding hydrogens is 446 g/mol. The van der Waals surface area contributed by atoms with E-state index < -0.39 is 5.25 Å². The van der Waals surface area contributed by atoms with Gasteiger partial charge in [-0.3, -0.25) is 4.79 Å². The smallest absolute Gasteiger partial charge is 0.237 e. The van der Waals surface area contributed by atoms with Crippen molar-refractivity contribution in [2.75, 3.05) is 5.32 Å². The third-order valence-electron chi connectivity index (χ3n) is 5.35. The van der Waals surface area contributed by atoms with E-state index in [1.807, 2.05) is 36.6 Å². The Balaban J connectivity index is 1.75. The van der Waals surface area contributed by atoms with E-state index in [1.54, 1.807) is 24.3 Å². The van der Waals surface area contributed by atoms with Crippen LogP contribution in [0.5, 0.6) is 5.75 Å². The Kier molecular flexibility index (Phi) is 8.35. The number of nitrogens with one attached hydrogen (secondary N) is 1. The van der Waals surface area contributed by atoms with Crippen molar-refractivity contribution >= 4 is 23.4 Å². The molecular formula is C26H31N5O2S. The minimum atomic E-state index is -0.400. The SMILES string of the molecule is CC(Sc1nnc(C(C)Oc2ccccc2C(C)C)n1C(C)C)C(=O)Nc1ccc(C#N)cc1. The Hall–Kier alpha value is -3.31. The second kappa shape index (κ2) is 11.2. The number of ether oxygens (including phenoxy) is 1. The molecule has 34 heavy (non-hydrogen) atoms. The zero-order valence-corrected chi connectivity index (χ0v) is 21.3. The summed E-state index contributed by atoms with van der Waals surface area (Å²) in [6.07, 6.45) is -0.313. The van der Waals surface area contributed by atoms with Crippen LogP contribution in [-0.4, -0.2) is 25.9 Å². The van der Waals surface area contributed by atoms with Crippen LogP contribution in [-0.2, 0) is 4.79 Å². The molecule has 3 aromatic rings. The van der Waals surface area contributed by atoms with E-state index in [1.165, 1.54) is 11.8 Å². The minimum absolute atomic E-state index is 0.0904. The van der Waals surface area contributed by atoms with E-state index in [9.17, 15) is 4.79 Å². The predicted molar refractivity (Wildman–Crippen MR) is 135 cm³/mol. The molecule has 7 nitrogen and oxygen atoms in total. The van der Waals surface area contributed by atoms with Crippen LogP contribution in [0.2, 0.25) is 0 Å². The molecule has 1 aromatic heterocycles. The summed E-state index contributed by atoms with van der Waals surface area (Å²) < 4.78 is 8.34. The molecule has 0 bridgehead atoms. The maximum atomic E-state index is 12.8. The molecule has 0 aliphatic rings. The summed E-state index contributed by atoms with van der Waals surface area (Å²) in [6, 6.07) is 17.0. The Bertz CT molecular complexity index is 1160. The molecule has 0 spiro atoms. The van der Waals surface area contributed by atoms with Crippen molar-refractivity contribution < 1.29 is 9.53 Å². The van der Waals surface area contributed by atoms with Crippen molar-refractivity contribution in [1.82, 2.24) is 14.8 Å². The highest BCUT2D eigenvalue weighted by molar-refractivity contribution is 8.00. The van der Waals surface area contributed by atoms with Crippen LogP contribution >= 0.6 is 11.8 Å². The van der Waals surface area contributed by atoms with Crippen LogP contribution in [0, 0.1) is 11.3 Å². The average molecular weight is 478 g/mol. The van der Waals surface area contributed by atoms with Crippen LogP contribution < -0.4 is 10.1 Å². The number of hydrogen-bond acceptors (Lipinski definition) is 6. The highest BCUT2D eigenvalue weighted by Crippen LogP contribution is 2.33. The molecule has 3 rings (SSSR count). The van der Waals surface area contributed by atoms with Gasteiger partial charge in [-0.1, -0.05) is 43.8 Å². The van der Waals surface area contributed by atoms with Crippen molar-refractivity contribution in [3.8, 4) is 11.8 Å². The molecule has 1 N–H and O–H groups in total. The number of anilines is 1. The fourth-order valence-corrected chi connectivity index (χ4v) is 4.51. The lowest BCUT2D eigenvalue weighted by atomic mass is 10.0. The maximum absolute atomic E-state index is 12.8. The fourth-order valence-electron chi connectivity index (χ4n) is 3.52. The van der Waals surface area contributed by atoms with Gasteiger partial charge in [-0.15, -0.1) is 10.2 Å². The van der Waals surface area contributed by atoms with Crippen LogP contribution in [0.15, 0.2) is 53.7 Å². The highest BCUT2D eigenvalue weighted by Gasteiger charge is 2.25. The standard InChI is InChI=1S/C26H31N5O2S/c1-16(2)22-9-7-8-10-23(22)33-18(5)24-29-30-26(31(24)17(3)4)34-19(6)25(32)28-21-13-11-20(15-27)12-14-21/h7-14,16-19H,1-6H3,(H,28,32). The van der Waals surface area contributed by atoms with Crippen LogP contribution in [0.4, 0.5) is 5.69 Å². The van der Waals surface area contributed by atoms with Gasteiger partial charge in [0.1, 0.15) is 5.75 Å². The highest BCUT2D eigenvalue weighted by atomic mass is 32.2. The molecule has 2 atom stereocenters. The number of para-hydroxylation sites is 1. The number of amides is 1. The quantitative estimate of drug-likeness (QED) is 0.374. The van der Waals surface area contributed by atoms with Crippen molar-refractivity contribution in [2.24, 2.45) is 0 Å². The van der Waals surface area contributed by atoms with Crippen molar-refractivity contribution in [2.45, 2.75) is 70.0 Å². The zero-order valence-electron chi connectivity index (χ0n) is 20.4. The number of nitrogens with zero attached hydrogens (tertiary/aromatic N) is 4. The van der Waals surface area contributed by atoms with E-state index >= 15 is 0 Å². The van der Waals surface area contributed by atoms with Crippen molar-refractivity contribution in [3.05, 3.63) is 65.5 Å². The molecule has 0 saturated heterocycles. The number of aromatic nitrogens is 3. The predicted octanol–water partition coefficient (Wildman–Crippen LogP) is 6.11. The summed E-state index contributed by atoms with van der Waals surface area (Å²) in [5.74, 6) is 1.75. The van der Waals surface area contributed by atoms with Crippen LogP contribution in [0.3, 0.4) is 0 Å². The first-order valence-corrected chi connectivity index (χ1v) is 12.3. The summed E-state index contributed by atoms with van der Waals surface area (Å²) >= 11 is 1.36. The van der Waals surface area contributed by atoms with Gasteiger partial charge in [-0.2, -0.15) is 5.26 Å². The van der Waals surface area contributed by atoms with E-state index in [2.05, 4.69) is 55.3 Å². The Morgan fingerprint density at radius 1 is 1.03 bits per heavy atom. The minimum Gasteiger partial charge on any atom is -0.482 e. The van der Waals surface area contributed by atoms with E-state index in [4.69, 9.17) is 10.00 Å². The number of hydrogen-bond donors (Lipinski definition) is 1. The first kappa shape index (κ1) is 25.3. The molecule has 0 fully saturated rings. The van der Waals surface area contributed by atoms with Gasteiger partial charge in [0, 0.05) is 11.7 Å². The largest absolute Gasteiger partial charge is 0.482 e. The van der Waals surface area contributed by atoms with Crippen LogP contribution in [0.25, 0.3) is 0 Å². The molecule has 178 valence electrons. The molecule has 0 aliphatic heterocycles. The molecule has 1 amide bonds. The van der Waals surface area contributed by atoms with Gasteiger partial charge in [0.25, 0.3) is 0 Å². The van der Waals surface area contributed by atoms with Gasteiger partial charge in [-0.05, 0) is 69.5 Å². The third-order valence-corrected chi connectivity index (χ3v) is 6.41. The summed E-state index contributed by atoms with van der Waals surface area (Å²) in [5, 5.41) is 20.9. The second-order valence-corrected chi connectivity index (χ2v) is 10.0. The second-order valence-electron chi connectivity index (χ2n) is 8.70. The van der Waals surface area contributed by atoms with Gasteiger partial charge in [0.05, 0.1) is 16.9 Å². The number of thioether (sulfide) groups is 1. The van der Waals surface area contributed by atoms with Gasteiger partial charge in [-0.25, -0.2) is 0 Å².